The molecule has 0 saturated heterocycles. The van der Waals surface area contributed by atoms with Crippen molar-refractivity contribution in [2.75, 3.05) is 26.9 Å². The molecule has 0 aliphatic heterocycles. The fraction of sp³-hybridized carbons (Fsp3) is 0.917. The Kier molecular flexibility index (Phi) is 9.24. The van der Waals surface area contributed by atoms with E-state index in [9.17, 15) is 4.79 Å². The average molecular weight is 231 g/mol. The molecule has 0 fully saturated rings. The molecule has 0 aliphatic rings. The van der Waals surface area contributed by atoms with Crippen LogP contribution in [0, 0.1) is 5.92 Å². The largest absolute Gasteiger partial charge is 0.465 e. The lowest BCUT2D eigenvalue weighted by Crippen LogP contribution is -2.45. The minimum atomic E-state index is -0.204. The highest BCUT2D eigenvalue weighted by atomic mass is 16.5. The first kappa shape index (κ1) is 15.4. The highest BCUT2D eigenvalue weighted by molar-refractivity contribution is 5.76. The third kappa shape index (κ3) is 5.47. The van der Waals surface area contributed by atoms with Crippen molar-refractivity contribution in [1.29, 1.82) is 0 Å². The molecule has 0 bridgehead atoms. The van der Waals surface area contributed by atoms with Gasteiger partial charge in [-0.25, -0.2) is 0 Å². The van der Waals surface area contributed by atoms with Gasteiger partial charge in [0.25, 0.3) is 0 Å². The maximum absolute atomic E-state index is 11.8. The van der Waals surface area contributed by atoms with E-state index in [0.29, 0.717) is 25.7 Å². The van der Waals surface area contributed by atoms with E-state index in [1.807, 2.05) is 6.92 Å². The Labute approximate surface area is 98.7 Å². The van der Waals surface area contributed by atoms with E-state index in [4.69, 9.17) is 9.47 Å². The lowest BCUT2D eigenvalue weighted by atomic mass is 9.94. The third-order valence-corrected chi connectivity index (χ3v) is 2.73. The zero-order valence-electron chi connectivity index (χ0n) is 10.9. The van der Waals surface area contributed by atoms with E-state index >= 15 is 0 Å². The minimum Gasteiger partial charge on any atom is -0.465 e. The van der Waals surface area contributed by atoms with Gasteiger partial charge in [-0.05, 0) is 12.8 Å². The molecule has 16 heavy (non-hydrogen) atoms. The van der Waals surface area contributed by atoms with Gasteiger partial charge in [0.2, 0.25) is 0 Å². The van der Waals surface area contributed by atoms with Crippen molar-refractivity contribution >= 4 is 5.97 Å². The first-order chi connectivity index (χ1) is 7.71. The topological polar surface area (TPSA) is 47.6 Å². The van der Waals surface area contributed by atoms with Crippen LogP contribution in [0.5, 0.6) is 0 Å². The highest BCUT2D eigenvalue weighted by Crippen LogP contribution is 2.14. The number of hydrogen-bond donors (Lipinski definition) is 1. The molecular formula is C12H25NO3. The number of nitrogens with one attached hydrogen (secondary N) is 1. The second-order valence-corrected chi connectivity index (χ2v) is 3.75. The van der Waals surface area contributed by atoms with Gasteiger partial charge in [0.15, 0.2) is 0 Å². The fourth-order valence-electron chi connectivity index (χ4n) is 1.75. The van der Waals surface area contributed by atoms with Crippen molar-refractivity contribution in [3.63, 3.8) is 0 Å². The van der Waals surface area contributed by atoms with E-state index in [1.54, 1.807) is 7.11 Å². The molecule has 0 rings (SSSR count). The average Bonchev–Trinajstić information content (AvgIpc) is 2.29. The number of carbonyl (C=O) groups is 1. The van der Waals surface area contributed by atoms with Gasteiger partial charge in [-0.15, -0.1) is 0 Å². The quantitative estimate of drug-likeness (QED) is 0.483. The van der Waals surface area contributed by atoms with E-state index in [2.05, 4.69) is 19.2 Å². The zero-order chi connectivity index (χ0) is 12.4. The molecule has 0 aliphatic carbocycles. The standard InChI is InChI=1S/C12H25NO3/c1-5-10(6-2)11(12(14)16-7-3)13-8-9-15-4/h10-11,13H,5-9H2,1-4H3. The van der Waals surface area contributed by atoms with Crippen LogP contribution in [0.4, 0.5) is 0 Å². The van der Waals surface area contributed by atoms with Crippen molar-refractivity contribution < 1.29 is 14.3 Å². The summed E-state index contributed by atoms with van der Waals surface area (Å²) in [6.07, 6.45) is 1.94. The molecule has 0 aromatic heterocycles. The predicted molar refractivity (Wildman–Crippen MR) is 64.4 cm³/mol. The van der Waals surface area contributed by atoms with Crippen LogP contribution in [0.1, 0.15) is 33.6 Å². The first-order valence-corrected chi connectivity index (χ1v) is 6.10. The van der Waals surface area contributed by atoms with Gasteiger partial charge in [-0.3, -0.25) is 4.79 Å². The van der Waals surface area contributed by atoms with E-state index in [1.165, 1.54) is 0 Å². The smallest absolute Gasteiger partial charge is 0.323 e. The van der Waals surface area contributed by atoms with Gasteiger partial charge in [0.1, 0.15) is 6.04 Å². The number of methoxy groups -OCH3 is 1. The second kappa shape index (κ2) is 9.60. The molecular weight excluding hydrogens is 206 g/mol. The predicted octanol–water partition coefficient (Wildman–Crippen LogP) is 1.59. The summed E-state index contributed by atoms with van der Waals surface area (Å²) in [5.41, 5.74) is 0. The zero-order valence-corrected chi connectivity index (χ0v) is 10.9. The second-order valence-electron chi connectivity index (χ2n) is 3.75. The van der Waals surface area contributed by atoms with Crippen molar-refractivity contribution in [2.24, 2.45) is 5.92 Å². The Morgan fingerprint density at radius 3 is 2.31 bits per heavy atom. The fourth-order valence-corrected chi connectivity index (χ4v) is 1.75. The third-order valence-electron chi connectivity index (χ3n) is 2.73. The highest BCUT2D eigenvalue weighted by Gasteiger charge is 2.26. The monoisotopic (exact) mass is 231 g/mol. The molecule has 1 atom stereocenters. The summed E-state index contributed by atoms with van der Waals surface area (Å²) in [4.78, 5) is 11.8. The number of rotatable bonds is 9. The summed E-state index contributed by atoms with van der Waals surface area (Å²) < 4.78 is 10.0. The lowest BCUT2D eigenvalue weighted by molar-refractivity contribution is -0.147. The molecule has 0 amide bonds. The van der Waals surface area contributed by atoms with Crippen LogP contribution in [0.15, 0.2) is 0 Å². The van der Waals surface area contributed by atoms with Gasteiger partial charge in [0, 0.05) is 13.7 Å². The number of hydrogen-bond acceptors (Lipinski definition) is 4. The summed E-state index contributed by atoms with van der Waals surface area (Å²) in [5, 5.41) is 3.21. The van der Waals surface area contributed by atoms with Gasteiger partial charge in [-0.2, -0.15) is 0 Å². The lowest BCUT2D eigenvalue weighted by Gasteiger charge is -2.24. The van der Waals surface area contributed by atoms with Crippen LogP contribution in [0.25, 0.3) is 0 Å². The SMILES string of the molecule is CCOC(=O)C(NCCOC)C(CC)CC. The van der Waals surface area contributed by atoms with Crippen LogP contribution in [-0.4, -0.2) is 38.9 Å². The number of ether oxygens (including phenoxy) is 2. The Morgan fingerprint density at radius 1 is 1.25 bits per heavy atom. The van der Waals surface area contributed by atoms with Gasteiger partial charge < -0.3 is 14.8 Å². The maximum atomic E-state index is 11.8. The Bertz CT molecular complexity index is 181. The molecule has 0 radical (unpaired) electrons. The molecule has 0 aromatic rings. The minimum absolute atomic E-state index is 0.146. The summed E-state index contributed by atoms with van der Waals surface area (Å²) >= 11 is 0. The van der Waals surface area contributed by atoms with Crippen LogP contribution in [0.3, 0.4) is 0 Å². The first-order valence-electron chi connectivity index (χ1n) is 6.10. The molecule has 1 unspecified atom stereocenters. The molecule has 1 N–H and O–H groups in total. The normalized spacial score (nSPS) is 12.8. The van der Waals surface area contributed by atoms with Crippen molar-refractivity contribution in [3.8, 4) is 0 Å². The Hall–Kier alpha value is -0.610. The number of carbonyl (C=O) groups excluding carboxylic acids is 1. The molecule has 0 spiro atoms. The molecule has 0 heterocycles. The molecule has 4 nitrogen and oxygen atoms in total. The van der Waals surface area contributed by atoms with E-state index in [-0.39, 0.29) is 12.0 Å². The summed E-state index contributed by atoms with van der Waals surface area (Å²) in [6.45, 7) is 7.74. The molecule has 4 heteroatoms. The van der Waals surface area contributed by atoms with Crippen LogP contribution in [0.2, 0.25) is 0 Å². The van der Waals surface area contributed by atoms with Crippen LogP contribution >= 0.6 is 0 Å². The summed E-state index contributed by atoms with van der Waals surface area (Å²) in [6, 6.07) is -0.204. The number of esters is 1. The van der Waals surface area contributed by atoms with Gasteiger partial charge in [-0.1, -0.05) is 26.7 Å². The Morgan fingerprint density at radius 2 is 1.88 bits per heavy atom. The van der Waals surface area contributed by atoms with Crippen molar-refractivity contribution in [2.45, 2.75) is 39.7 Å². The van der Waals surface area contributed by atoms with Crippen LogP contribution in [-0.2, 0) is 14.3 Å². The van der Waals surface area contributed by atoms with E-state index < -0.39 is 0 Å². The van der Waals surface area contributed by atoms with Crippen molar-refractivity contribution in [3.05, 3.63) is 0 Å². The molecule has 96 valence electrons. The van der Waals surface area contributed by atoms with E-state index in [0.717, 1.165) is 12.8 Å². The Balaban J connectivity index is 4.29. The molecule has 0 saturated carbocycles. The van der Waals surface area contributed by atoms with Crippen molar-refractivity contribution in [1.82, 2.24) is 5.32 Å². The summed E-state index contributed by atoms with van der Waals surface area (Å²) in [7, 11) is 1.65. The van der Waals surface area contributed by atoms with Crippen LogP contribution < -0.4 is 5.32 Å². The summed E-state index contributed by atoms with van der Waals surface area (Å²) in [5.74, 6) is 0.184. The van der Waals surface area contributed by atoms with Gasteiger partial charge >= 0.3 is 5.97 Å². The molecule has 0 aromatic carbocycles. The maximum Gasteiger partial charge on any atom is 0.323 e. The van der Waals surface area contributed by atoms with Gasteiger partial charge in [0.05, 0.1) is 13.2 Å².